The molecular formula is C16H12N2O6. The highest BCUT2D eigenvalue weighted by Crippen LogP contribution is 2.23. The Kier molecular flexibility index (Phi) is 3.52. The van der Waals surface area contributed by atoms with Gasteiger partial charge in [-0.1, -0.05) is 0 Å². The van der Waals surface area contributed by atoms with Gasteiger partial charge in [-0.05, 0) is 12.1 Å². The third kappa shape index (κ3) is 2.69. The highest BCUT2D eigenvalue weighted by molar-refractivity contribution is 6.23. The van der Waals surface area contributed by atoms with Crippen LogP contribution in [0.1, 0.15) is 34.7 Å². The molecule has 0 atom stereocenters. The topological polar surface area (TPSA) is 112 Å². The van der Waals surface area contributed by atoms with Crippen LogP contribution < -0.4 is 5.32 Å². The summed E-state index contributed by atoms with van der Waals surface area (Å²) in [6.45, 7) is 2.84. The van der Waals surface area contributed by atoms with Crippen molar-refractivity contribution in [2.75, 3.05) is 0 Å². The predicted octanol–water partition coefficient (Wildman–Crippen LogP) is 0.654. The fourth-order valence-corrected chi connectivity index (χ4v) is 2.23. The second kappa shape index (κ2) is 5.41. The molecule has 8 heteroatoms. The van der Waals surface area contributed by atoms with Crippen LogP contribution in [0.4, 0.5) is 0 Å². The van der Waals surface area contributed by atoms with Crippen molar-refractivity contribution in [1.82, 2.24) is 10.3 Å². The number of ether oxygens (including phenoxy) is 2. The van der Waals surface area contributed by atoms with E-state index in [4.69, 9.17) is 9.47 Å². The van der Waals surface area contributed by atoms with Crippen LogP contribution in [0.5, 0.6) is 0 Å². The van der Waals surface area contributed by atoms with Crippen LogP contribution in [-0.2, 0) is 19.1 Å². The number of hydrogen-bond acceptors (Lipinski definition) is 8. The summed E-state index contributed by atoms with van der Waals surface area (Å²) in [5, 5.41) is 2.50. The molecule has 1 aromatic rings. The van der Waals surface area contributed by atoms with Crippen molar-refractivity contribution in [2.45, 2.75) is 19.6 Å². The fraction of sp³-hybridized carbons (Fsp3) is 0.188. The van der Waals surface area contributed by atoms with Crippen LogP contribution in [0.3, 0.4) is 0 Å². The third-order valence-corrected chi connectivity index (χ3v) is 3.29. The molecule has 0 radical (unpaired) electrons. The number of nitrogens with zero attached hydrogens (tertiary/aromatic N) is 1. The van der Waals surface area contributed by atoms with E-state index in [1.54, 1.807) is 0 Å². The van der Waals surface area contributed by atoms with Gasteiger partial charge in [-0.15, -0.1) is 0 Å². The van der Waals surface area contributed by atoms with Gasteiger partial charge in [-0.25, -0.2) is 9.59 Å². The number of ketones is 2. The van der Waals surface area contributed by atoms with Gasteiger partial charge in [0.1, 0.15) is 5.69 Å². The smallest absolute Gasteiger partial charge is 0.350 e. The van der Waals surface area contributed by atoms with E-state index >= 15 is 0 Å². The molecule has 1 aromatic heterocycles. The Morgan fingerprint density at radius 1 is 1.12 bits per heavy atom. The van der Waals surface area contributed by atoms with Crippen molar-refractivity contribution in [3.05, 3.63) is 53.1 Å². The summed E-state index contributed by atoms with van der Waals surface area (Å²) >= 11 is 0. The van der Waals surface area contributed by atoms with E-state index in [-0.39, 0.29) is 17.0 Å². The Morgan fingerprint density at radius 3 is 2.46 bits per heavy atom. The zero-order valence-corrected chi connectivity index (χ0v) is 12.8. The molecule has 24 heavy (non-hydrogen) atoms. The van der Waals surface area contributed by atoms with Crippen molar-refractivity contribution >= 4 is 23.5 Å². The summed E-state index contributed by atoms with van der Waals surface area (Å²) in [7, 11) is 0. The Bertz CT molecular complexity index is 828. The summed E-state index contributed by atoms with van der Waals surface area (Å²) < 4.78 is 9.86. The number of nitrogens with one attached hydrogen (secondary N) is 1. The standard InChI is InChI=1S/C16H12N2O6/c1-16(2)23-14(21)9(15(22)24-16)7-18-10-6-11(19)12-8(13(10)20)4-3-5-17-12/h3-7,18H,1-2H3. The summed E-state index contributed by atoms with van der Waals surface area (Å²) in [6, 6.07) is 3.00. The highest BCUT2D eigenvalue weighted by Gasteiger charge is 2.39. The van der Waals surface area contributed by atoms with Gasteiger partial charge in [-0.3, -0.25) is 14.6 Å². The monoisotopic (exact) mass is 328 g/mol. The molecule has 2 aliphatic rings. The van der Waals surface area contributed by atoms with Crippen molar-refractivity contribution in [2.24, 2.45) is 0 Å². The minimum Gasteiger partial charge on any atom is -0.419 e. The molecule has 1 aliphatic carbocycles. The predicted molar refractivity (Wildman–Crippen MR) is 78.5 cm³/mol. The Balaban J connectivity index is 1.85. The van der Waals surface area contributed by atoms with Gasteiger partial charge in [0.05, 0.1) is 11.3 Å². The van der Waals surface area contributed by atoms with Crippen molar-refractivity contribution in [3.8, 4) is 0 Å². The van der Waals surface area contributed by atoms with E-state index in [9.17, 15) is 19.2 Å². The van der Waals surface area contributed by atoms with Gasteiger partial charge in [0.25, 0.3) is 5.79 Å². The number of Topliss-reactive ketones (excluding diaryl/α,β-unsaturated/α-hetero) is 1. The molecule has 0 aromatic carbocycles. The van der Waals surface area contributed by atoms with Crippen LogP contribution in [0, 0.1) is 0 Å². The maximum Gasteiger partial charge on any atom is 0.350 e. The van der Waals surface area contributed by atoms with Gasteiger partial charge in [-0.2, -0.15) is 0 Å². The summed E-state index contributed by atoms with van der Waals surface area (Å²) in [5.41, 5.74) is -0.300. The number of esters is 2. The third-order valence-electron chi connectivity index (χ3n) is 3.29. The maximum atomic E-state index is 12.3. The highest BCUT2D eigenvalue weighted by atomic mass is 16.7. The second-order valence-corrected chi connectivity index (χ2v) is 5.53. The molecule has 3 rings (SSSR count). The molecule has 1 fully saturated rings. The number of carbonyl (C=O) groups is 4. The first kappa shape index (κ1) is 15.6. The lowest BCUT2D eigenvalue weighted by Gasteiger charge is -2.29. The van der Waals surface area contributed by atoms with E-state index in [0.717, 1.165) is 12.3 Å². The summed E-state index contributed by atoms with van der Waals surface area (Å²) in [5.74, 6) is -4.07. The van der Waals surface area contributed by atoms with Crippen LogP contribution >= 0.6 is 0 Å². The lowest BCUT2D eigenvalue weighted by Crippen LogP contribution is -2.42. The first-order valence-electron chi connectivity index (χ1n) is 6.97. The first-order valence-corrected chi connectivity index (χ1v) is 6.97. The first-order chi connectivity index (χ1) is 11.3. The van der Waals surface area contributed by atoms with Gasteiger partial charge < -0.3 is 14.8 Å². The molecule has 0 spiro atoms. The average Bonchev–Trinajstić information content (AvgIpc) is 2.50. The van der Waals surface area contributed by atoms with E-state index < -0.39 is 34.9 Å². The minimum absolute atomic E-state index is 0.0546. The molecule has 0 saturated carbocycles. The Labute approximate surface area is 136 Å². The zero-order valence-electron chi connectivity index (χ0n) is 12.8. The van der Waals surface area contributed by atoms with E-state index in [1.807, 2.05) is 0 Å². The Morgan fingerprint density at radius 2 is 1.79 bits per heavy atom. The number of hydrogen-bond donors (Lipinski definition) is 1. The molecular weight excluding hydrogens is 316 g/mol. The molecule has 0 unspecified atom stereocenters. The largest absolute Gasteiger partial charge is 0.419 e. The minimum atomic E-state index is -1.36. The lowest BCUT2D eigenvalue weighted by atomic mass is 9.97. The number of allylic oxidation sites excluding steroid dienone is 2. The number of aromatic nitrogens is 1. The lowest BCUT2D eigenvalue weighted by molar-refractivity contribution is -0.222. The molecule has 8 nitrogen and oxygen atoms in total. The normalized spacial score (nSPS) is 19.1. The van der Waals surface area contributed by atoms with Gasteiger partial charge >= 0.3 is 11.9 Å². The van der Waals surface area contributed by atoms with Crippen LogP contribution in [-0.4, -0.2) is 34.3 Å². The number of cyclic esters (lactones) is 2. The molecule has 2 heterocycles. The van der Waals surface area contributed by atoms with Crippen LogP contribution in [0.25, 0.3) is 0 Å². The molecule has 1 N–H and O–H groups in total. The van der Waals surface area contributed by atoms with Gasteiger partial charge in [0.2, 0.25) is 11.6 Å². The van der Waals surface area contributed by atoms with Crippen molar-refractivity contribution in [1.29, 1.82) is 0 Å². The second-order valence-electron chi connectivity index (χ2n) is 5.53. The summed E-state index contributed by atoms with van der Waals surface area (Å²) in [6.07, 6.45) is 3.45. The maximum absolute atomic E-state index is 12.3. The molecule has 122 valence electrons. The number of fused-ring (bicyclic) bond motifs is 1. The van der Waals surface area contributed by atoms with E-state index in [1.165, 1.54) is 32.2 Å². The van der Waals surface area contributed by atoms with Crippen LogP contribution in [0.2, 0.25) is 0 Å². The van der Waals surface area contributed by atoms with Gasteiger partial charge in [0.15, 0.2) is 5.57 Å². The number of carbonyl (C=O) groups excluding carboxylic acids is 4. The SMILES string of the molecule is CC1(C)OC(=O)C(=CNC2=CC(=O)c3ncccc3C2=O)C(=O)O1. The molecule has 0 bridgehead atoms. The van der Waals surface area contributed by atoms with Crippen molar-refractivity contribution < 1.29 is 28.7 Å². The van der Waals surface area contributed by atoms with E-state index in [0.29, 0.717) is 0 Å². The number of pyridine rings is 1. The molecule has 0 amide bonds. The Hall–Kier alpha value is -3.29. The van der Waals surface area contributed by atoms with Crippen LogP contribution in [0.15, 0.2) is 41.9 Å². The summed E-state index contributed by atoms with van der Waals surface area (Å²) in [4.78, 5) is 51.8. The molecule has 1 aliphatic heterocycles. The van der Waals surface area contributed by atoms with Gasteiger partial charge in [0, 0.05) is 32.3 Å². The number of rotatable bonds is 2. The van der Waals surface area contributed by atoms with Crippen molar-refractivity contribution in [3.63, 3.8) is 0 Å². The quantitative estimate of drug-likeness (QED) is 0.478. The average molecular weight is 328 g/mol. The van der Waals surface area contributed by atoms with E-state index in [2.05, 4.69) is 10.3 Å². The zero-order chi connectivity index (χ0) is 17.5. The fourth-order valence-electron chi connectivity index (χ4n) is 2.23. The molecule has 1 saturated heterocycles.